The molecule has 1 aromatic carbocycles. The Hall–Kier alpha value is -1.57. The van der Waals surface area contributed by atoms with E-state index in [2.05, 4.69) is 6.58 Å². The molecule has 0 spiro atoms. The fourth-order valence-electron chi connectivity index (χ4n) is 1.90. The molecule has 0 aromatic heterocycles. The van der Waals surface area contributed by atoms with Gasteiger partial charge in [0.05, 0.1) is 12.5 Å². The van der Waals surface area contributed by atoms with Gasteiger partial charge in [-0.3, -0.25) is 4.79 Å². The maximum Gasteiger partial charge on any atom is 0.312 e. The van der Waals surface area contributed by atoms with Crippen LogP contribution in [-0.4, -0.2) is 13.1 Å². The molecule has 0 bridgehead atoms. The van der Waals surface area contributed by atoms with Gasteiger partial charge in [-0.15, -0.1) is 6.58 Å². The molecule has 1 atom stereocenters. The van der Waals surface area contributed by atoms with E-state index in [1.54, 1.807) is 6.08 Å². The number of esters is 1. The van der Waals surface area contributed by atoms with E-state index >= 15 is 0 Å². The van der Waals surface area contributed by atoms with Gasteiger partial charge in [0.25, 0.3) is 0 Å². The average Bonchev–Trinajstić information content (AvgIpc) is 2.30. The number of hydrogen-bond donors (Lipinski definition) is 0. The molecule has 2 nitrogen and oxygen atoms in total. The van der Waals surface area contributed by atoms with Crippen LogP contribution in [-0.2, 0) is 9.53 Å². The van der Waals surface area contributed by atoms with Crippen molar-refractivity contribution in [2.24, 2.45) is 5.41 Å². The highest BCUT2D eigenvalue weighted by Crippen LogP contribution is 2.37. The first-order valence-electron chi connectivity index (χ1n) is 5.30. The molecule has 1 rings (SSSR count). The monoisotopic (exact) mass is 218 g/mol. The molecule has 0 radical (unpaired) electrons. The summed E-state index contributed by atoms with van der Waals surface area (Å²) in [5, 5.41) is 0. The summed E-state index contributed by atoms with van der Waals surface area (Å²) in [6.45, 7) is 7.56. The molecule has 0 N–H and O–H groups in total. The minimum Gasteiger partial charge on any atom is -0.469 e. The lowest BCUT2D eigenvalue weighted by Gasteiger charge is -2.29. The summed E-state index contributed by atoms with van der Waals surface area (Å²) in [5.74, 6) is -0.262. The third-order valence-corrected chi connectivity index (χ3v) is 2.88. The summed E-state index contributed by atoms with van der Waals surface area (Å²) in [5.41, 5.74) is 0.477. The first kappa shape index (κ1) is 12.5. The summed E-state index contributed by atoms with van der Waals surface area (Å²) in [4.78, 5) is 11.7. The van der Waals surface area contributed by atoms with Gasteiger partial charge in [-0.05, 0) is 19.4 Å². The fraction of sp³-hybridized carbons (Fsp3) is 0.357. The maximum atomic E-state index is 11.7. The Morgan fingerprint density at radius 1 is 1.38 bits per heavy atom. The zero-order valence-electron chi connectivity index (χ0n) is 10.1. The van der Waals surface area contributed by atoms with Crippen LogP contribution in [0.2, 0.25) is 0 Å². The Kier molecular flexibility index (Phi) is 3.88. The topological polar surface area (TPSA) is 26.3 Å². The molecule has 0 amide bonds. The number of hydrogen-bond acceptors (Lipinski definition) is 2. The molecule has 0 heterocycles. The van der Waals surface area contributed by atoms with Crippen LogP contribution >= 0.6 is 0 Å². The second kappa shape index (κ2) is 4.97. The number of carbonyl (C=O) groups excluding carboxylic acids is 1. The van der Waals surface area contributed by atoms with E-state index in [1.807, 2.05) is 44.2 Å². The van der Waals surface area contributed by atoms with Gasteiger partial charge in [0.15, 0.2) is 0 Å². The summed E-state index contributed by atoms with van der Waals surface area (Å²) < 4.78 is 4.83. The summed E-state index contributed by atoms with van der Waals surface area (Å²) in [6, 6.07) is 9.86. The lowest BCUT2D eigenvalue weighted by Crippen LogP contribution is -2.31. The van der Waals surface area contributed by atoms with Crippen molar-refractivity contribution >= 4 is 5.97 Å². The molecule has 0 unspecified atom stereocenters. The van der Waals surface area contributed by atoms with Gasteiger partial charge in [0.2, 0.25) is 0 Å². The van der Waals surface area contributed by atoms with Crippen LogP contribution in [0.1, 0.15) is 25.3 Å². The third kappa shape index (κ3) is 2.32. The molecule has 0 saturated heterocycles. The molecular formula is C14H18O2. The smallest absolute Gasteiger partial charge is 0.312 e. The SMILES string of the molecule is C=C[C@H](c1ccccc1)C(C)(C)C(=O)OC. The molecule has 2 heteroatoms. The van der Waals surface area contributed by atoms with Gasteiger partial charge >= 0.3 is 5.97 Å². The standard InChI is InChI=1S/C14H18O2/c1-5-12(11-9-7-6-8-10-11)14(2,3)13(15)16-4/h5-10,12H,1H2,2-4H3/t12-/m1/s1. The van der Waals surface area contributed by atoms with E-state index in [1.165, 1.54) is 7.11 Å². The van der Waals surface area contributed by atoms with Gasteiger partial charge < -0.3 is 4.74 Å². The third-order valence-electron chi connectivity index (χ3n) is 2.88. The largest absolute Gasteiger partial charge is 0.469 e. The predicted molar refractivity (Wildman–Crippen MR) is 65.2 cm³/mol. The molecule has 0 aliphatic heterocycles. The van der Waals surface area contributed by atoms with Crippen LogP contribution in [0.15, 0.2) is 43.0 Å². The van der Waals surface area contributed by atoms with Crippen LogP contribution in [0.25, 0.3) is 0 Å². The van der Waals surface area contributed by atoms with E-state index in [-0.39, 0.29) is 11.9 Å². The maximum absolute atomic E-state index is 11.7. The van der Waals surface area contributed by atoms with Crippen LogP contribution in [0, 0.1) is 5.41 Å². The molecular weight excluding hydrogens is 200 g/mol. The lowest BCUT2D eigenvalue weighted by molar-refractivity contribution is -0.151. The van der Waals surface area contributed by atoms with Crippen LogP contribution in [0.5, 0.6) is 0 Å². The molecule has 86 valence electrons. The highest BCUT2D eigenvalue weighted by Gasteiger charge is 2.36. The van der Waals surface area contributed by atoms with E-state index in [9.17, 15) is 4.79 Å². The van der Waals surface area contributed by atoms with Crippen molar-refractivity contribution in [2.75, 3.05) is 7.11 Å². The van der Waals surface area contributed by atoms with Gasteiger partial charge in [-0.2, -0.15) is 0 Å². The molecule has 16 heavy (non-hydrogen) atoms. The molecule has 1 aromatic rings. The minimum atomic E-state index is -0.599. The second-order valence-corrected chi connectivity index (χ2v) is 4.34. The van der Waals surface area contributed by atoms with Crippen molar-refractivity contribution < 1.29 is 9.53 Å². The van der Waals surface area contributed by atoms with E-state index in [0.717, 1.165) is 5.56 Å². The number of carbonyl (C=O) groups is 1. The number of methoxy groups -OCH3 is 1. The second-order valence-electron chi connectivity index (χ2n) is 4.34. The van der Waals surface area contributed by atoms with E-state index in [0.29, 0.717) is 0 Å². The normalized spacial score (nSPS) is 12.9. The Balaban J connectivity index is 3.08. The number of benzene rings is 1. The molecule has 0 fully saturated rings. The molecule has 0 saturated carbocycles. The van der Waals surface area contributed by atoms with E-state index < -0.39 is 5.41 Å². The summed E-state index contributed by atoms with van der Waals surface area (Å²) in [7, 11) is 1.41. The van der Waals surface area contributed by atoms with Gasteiger partial charge in [0, 0.05) is 5.92 Å². The zero-order valence-corrected chi connectivity index (χ0v) is 10.1. The first-order valence-corrected chi connectivity index (χ1v) is 5.30. The van der Waals surface area contributed by atoms with Crippen molar-refractivity contribution in [3.8, 4) is 0 Å². The highest BCUT2D eigenvalue weighted by molar-refractivity contribution is 5.77. The number of ether oxygens (including phenoxy) is 1. The predicted octanol–water partition coefficient (Wildman–Crippen LogP) is 3.16. The van der Waals surface area contributed by atoms with Crippen molar-refractivity contribution in [3.05, 3.63) is 48.6 Å². The fourth-order valence-corrected chi connectivity index (χ4v) is 1.90. The highest BCUT2D eigenvalue weighted by atomic mass is 16.5. The molecule has 0 aliphatic carbocycles. The van der Waals surface area contributed by atoms with Gasteiger partial charge in [-0.25, -0.2) is 0 Å². The molecule has 0 aliphatic rings. The minimum absolute atomic E-state index is 0.0406. The zero-order chi connectivity index (χ0) is 12.2. The Morgan fingerprint density at radius 2 is 1.94 bits per heavy atom. The quantitative estimate of drug-likeness (QED) is 0.573. The summed E-state index contributed by atoms with van der Waals surface area (Å²) >= 11 is 0. The van der Waals surface area contributed by atoms with Crippen LogP contribution in [0.4, 0.5) is 0 Å². The van der Waals surface area contributed by atoms with Crippen LogP contribution in [0.3, 0.4) is 0 Å². The number of allylic oxidation sites excluding steroid dienone is 1. The number of rotatable bonds is 4. The lowest BCUT2D eigenvalue weighted by atomic mass is 9.75. The van der Waals surface area contributed by atoms with E-state index in [4.69, 9.17) is 4.74 Å². The average molecular weight is 218 g/mol. The van der Waals surface area contributed by atoms with Crippen molar-refractivity contribution in [3.63, 3.8) is 0 Å². The van der Waals surface area contributed by atoms with Crippen molar-refractivity contribution in [2.45, 2.75) is 19.8 Å². The Morgan fingerprint density at radius 3 is 2.38 bits per heavy atom. The van der Waals surface area contributed by atoms with Crippen molar-refractivity contribution in [1.82, 2.24) is 0 Å². The summed E-state index contributed by atoms with van der Waals surface area (Å²) in [6.07, 6.45) is 1.80. The first-order chi connectivity index (χ1) is 7.54. The van der Waals surface area contributed by atoms with Gasteiger partial charge in [-0.1, -0.05) is 36.4 Å². The van der Waals surface area contributed by atoms with Crippen LogP contribution < -0.4 is 0 Å². The van der Waals surface area contributed by atoms with Crippen molar-refractivity contribution in [1.29, 1.82) is 0 Å². The Labute approximate surface area is 96.9 Å². The van der Waals surface area contributed by atoms with Gasteiger partial charge in [0.1, 0.15) is 0 Å². The Bertz CT molecular complexity index is 366.